The fraction of sp³-hybridized carbons (Fsp3) is 0.375. The lowest BCUT2D eigenvalue weighted by Crippen LogP contribution is -2.31. The molecule has 0 atom stereocenters. The lowest BCUT2D eigenvalue weighted by atomic mass is 10.2. The van der Waals surface area contributed by atoms with Gasteiger partial charge >= 0.3 is 0 Å². The lowest BCUT2D eigenvalue weighted by Gasteiger charge is -2.19. The molecule has 1 aliphatic rings. The van der Waals surface area contributed by atoms with E-state index in [9.17, 15) is 14.7 Å². The molecule has 0 spiro atoms. The van der Waals surface area contributed by atoms with Gasteiger partial charge in [-0.05, 0) is 18.6 Å². The first-order chi connectivity index (χ1) is 10.5. The zero-order chi connectivity index (χ0) is 16.1. The molecule has 0 radical (unpaired) electrons. The predicted molar refractivity (Wildman–Crippen MR) is 84.6 cm³/mol. The molecule has 0 saturated carbocycles. The van der Waals surface area contributed by atoms with E-state index in [-0.39, 0.29) is 18.0 Å². The minimum atomic E-state index is -0.506. The zero-order valence-electron chi connectivity index (χ0n) is 12.9. The van der Waals surface area contributed by atoms with Gasteiger partial charge in [-0.1, -0.05) is 18.2 Å². The third-order valence-electron chi connectivity index (χ3n) is 3.66. The van der Waals surface area contributed by atoms with Gasteiger partial charge in [-0.2, -0.15) is 0 Å². The van der Waals surface area contributed by atoms with Gasteiger partial charge in [0.05, 0.1) is 12.1 Å². The van der Waals surface area contributed by atoms with Crippen molar-refractivity contribution in [1.82, 2.24) is 10.2 Å². The number of aliphatic hydroxyl groups excluding tert-OH is 1. The van der Waals surface area contributed by atoms with Crippen LogP contribution in [0.5, 0.6) is 0 Å². The molecular formula is C16H21N3O3. The van der Waals surface area contributed by atoms with Crippen LogP contribution >= 0.6 is 0 Å². The Bertz CT molecular complexity index is 584. The van der Waals surface area contributed by atoms with Crippen molar-refractivity contribution in [3.8, 4) is 0 Å². The Hall–Kier alpha value is -2.50. The number of rotatable bonds is 6. The molecular weight excluding hydrogens is 282 g/mol. The number of likely N-dealkylation sites (N-methyl/N-ethyl adjacent to an activating group) is 1. The van der Waals surface area contributed by atoms with E-state index < -0.39 is 11.7 Å². The van der Waals surface area contributed by atoms with E-state index in [1.165, 1.54) is 4.90 Å². The van der Waals surface area contributed by atoms with Crippen molar-refractivity contribution in [2.45, 2.75) is 6.42 Å². The fourth-order valence-corrected chi connectivity index (χ4v) is 2.31. The van der Waals surface area contributed by atoms with Gasteiger partial charge in [0.1, 0.15) is 0 Å². The Balaban J connectivity index is 1.75. The average Bonchev–Trinajstić information content (AvgIpc) is 2.79. The molecule has 6 heteroatoms. The highest BCUT2D eigenvalue weighted by Crippen LogP contribution is 2.15. The summed E-state index contributed by atoms with van der Waals surface area (Å²) in [5, 5.41) is 12.4. The van der Waals surface area contributed by atoms with Crippen LogP contribution in [-0.2, 0) is 9.59 Å². The highest BCUT2D eigenvalue weighted by atomic mass is 16.3. The fourth-order valence-electron chi connectivity index (χ4n) is 2.31. The summed E-state index contributed by atoms with van der Waals surface area (Å²) in [4.78, 5) is 26.8. The summed E-state index contributed by atoms with van der Waals surface area (Å²) in [6, 6.07) is 9.99. The van der Waals surface area contributed by atoms with Crippen LogP contribution in [0.1, 0.15) is 6.42 Å². The number of aliphatic hydroxyl groups is 1. The van der Waals surface area contributed by atoms with Gasteiger partial charge in [-0.15, -0.1) is 0 Å². The molecule has 0 fully saturated rings. The normalized spacial score (nSPS) is 14.5. The lowest BCUT2D eigenvalue weighted by molar-refractivity contribution is -0.126. The number of hydrogen-bond acceptors (Lipinski definition) is 4. The Morgan fingerprint density at radius 2 is 2.05 bits per heavy atom. The van der Waals surface area contributed by atoms with E-state index in [0.717, 1.165) is 18.7 Å². The number of benzene rings is 1. The quantitative estimate of drug-likeness (QED) is 0.766. The number of anilines is 1. The predicted octanol–water partition coefficient (Wildman–Crippen LogP) is 0.913. The number of para-hydroxylation sites is 1. The van der Waals surface area contributed by atoms with Gasteiger partial charge in [-0.25, -0.2) is 0 Å². The van der Waals surface area contributed by atoms with Gasteiger partial charge in [0, 0.05) is 32.9 Å². The molecule has 0 unspecified atom stereocenters. The molecule has 1 aliphatic heterocycles. The third kappa shape index (κ3) is 3.58. The number of nitrogens with zero attached hydrogens (tertiary/aromatic N) is 2. The summed E-state index contributed by atoms with van der Waals surface area (Å²) in [5.74, 6) is -1.33. The van der Waals surface area contributed by atoms with Crippen LogP contribution in [0.25, 0.3) is 0 Å². The molecule has 2 N–H and O–H groups in total. The molecule has 1 aromatic carbocycles. The van der Waals surface area contributed by atoms with E-state index in [0.29, 0.717) is 6.54 Å². The van der Waals surface area contributed by atoms with Gasteiger partial charge in [0.25, 0.3) is 11.8 Å². The minimum absolute atomic E-state index is 0.143. The first kappa shape index (κ1) is 15.9. The van der Waals surface area contributed by atoms with Gasteiger partial charge < -0.3 is 20.2 Å². The van der Waals surface area contributed by atoms with E-state index in [1.54, 1.807) is 7.05 Å². The van der Waals surface area contributed by atoms with Gasteiger partial charge in [-0.3, -0.25) is 9.59 Å². The highest BCUT2D eigenvalue weighted by Gasteiger charge is 2.31. The highest BCUT2D eigenvalue weighted by molar-refractivity contribution is 6.06. The van der Waals surface area contributed by atoms with Crippen molar-refractivity contribution in [2.24, 2.45) is 0 Å². The van der Waals surface area contributed by atoms with Gasteiger partial charge in [0.15, 0.2) is 5.76 Å². The smallest absolute Gasteiger partial charge is 0.289 e. The number of hydrogen-bond donors (Lipinski definition) is 2. The molecule has 118 valence electrons. The van der Waals surface area contributed by atoms with Gasteiger partial charge in [0.2, 0.25) is 0 Å². The summed E-state index contributed by atoms with van der Waals surface area (Å²) in [6.45, 7) is 1.44. The first-order valence-electron chi connectivity index (χ1n) is 7.22. The van der Waals surface area contributed by atoms with Crippen LogP contribution < -0.4 is 10.2 Å². The minimum Gasteiger partial charge on any atom is -0.503 e. The van der Waals surface area contributed by atoms with Crippen molar-refractivity contribution < 1.29 is 14.7 Å². The van der Waals surface area contributed by atoms with Crippen LogP contribution in [0.2, 0.25) is 0 Å². The second kappa shape index (κ2) is 6.98. The largest absolute Gasteiger partial charge is 0.503 e. The maximum Gasteiger partial charge on any atom is 0.289 e. The maximum absolute atomic E-state index is 11.9. The van der Waals surface area contributed by atoms with Crippen molar-refractivity contribution in [3.63, 3.8) is 0 Å². The molecule has 2 amide bonds. The zero-order valence-corrected chi connectivity index (χ0v) is 12.9. The van der Waals surface area contributed by atoms with E-state index in [4.69, 9.17) is 0 Å². The van der Waals surface area contributed by atoms with Crippen LogP contribution in [-0.4, -0.2) is 55.6 Å². The Morgan fingerprint density at radius 3 is 2.64 bits per heavy atom. The summed E-state index contributed by atoms with van der Waals surface area (Å²) in [6.07, 6.45) is 0.773. The Morgan fingerprint density at radius 1 is 1.36 bits per heavy atom. The molecule has 1 aromatic rings. The molecule has 0 saturated heterocycles. The second-order valence-electron chi connectivity index (χ2n) is 5.35. The topological polar surface area (TPSA) is 72.9 Å². The number of carbonyl (C=O) groups excluding carboxylic acids is 2. The molecule has 1 heterocycles. The third-order valence-corrected chi connectivity index (χ3v) is 3.66. The van der Waals surface area contributed by atoms with E-state index >= 15 is 0 Å². The number of nitrogens with one attached hydrogen (secondary N) is 1. The Labute approximate surface area is 130 Å². The average molecular weight is 303 g/mol. The van der Waals surface area contributed by atoms with Crippen molar-refractivity contribution in [1.29, 1.82) is 0 Å². The standard InChI is InChI=1S/C16H21N3O3/c1-18(12-7-4-3-5-8-12)10-6-9-17-15(21)13-11-19(2)16(22)14(13)20/h3-5,7-8,20H,6,9-11H2,1-2H3,(H,17,21). The second-order valence-corrected chi connectivity index (χ2v) is 5.35. The molecule has 0 aromatic heterocycles. The molecule has 0 aliphatic carbocycles. The number of carbonyl (C=O) groups is 2. The number of amides is 2. The van der Waals surface area contributed by atoms with Crippen molar-refractivity contribution in [3.05, 3.63) is 41.7 Å². The first-order valence-corrected chi connectivity index (χ1v) is 7.22. The molecule has 2 rings (SSSR count). The van der Waals surface area contributed by atoms with Crippen LogP contribution in [0.3, 0.4) is 0 Å². The van der Waals surface area contributed by atoms with Crippen molar-refractivity contribution >= 4 is 17.5 Å². The maximum atomic E-state index is 11.9. The monoisotopic (exact) mass is 303 g/mol. The summed E-state index contributed by atoms with van der Waals surface area (Å²) < 4.78 is 0. The molecule has 0 bridgehead atoms. The summed E-state index contributed by atoms with van der Waals surface area (Å²) >= 11 is 0. The van der Waals surface area contributed by atoms with Crippen LogP contribution in [0.15, 0.2) is 41.7 Å². The van der Waals surface area contributed by atoms with Crippen molar-refractivity contribution in [2.75, 3.05) is 38.6 Å². The van der Waals surface area contributed by atoms with Crippen LogP contribution in [0.4, 0.5) is 5.69 Å². The SMILES string of the molecule is CN1CC(C(=O)NCCCN(C)c2ccccc2)=C(O)C1=O. The summed E-state index contributed by atoms with van der Waals surface area (Å²) in [5.41, 5.74) is 1.26. The molecule has 22 heavy (non-hydrogen) atoms. The Kier molecular flexibility index (Phi) is 5.04. The molecule has 6 nitrogen and oxygen atoms in total. The van der Waals surface area contributed by atoms with E-state index in [1.807, 2.05) is 37.4 Å². The summed E-state index contributed by atoms with van der Waals surface area (Å²) in [7, 11) is 3.55. The van der Waals surface area contributed by atoms with E-state index in [2.05, 4.69) is 10.2 Å². The van der Waals surface area contributed by atoms with Crippen LogP contribution in [0, 0.1) is 0 Å².